The Bertz CT molecular complexity index is 1130. The van der Waals surface area contributed by atoms with Gasteiger partial charge in [0.2, 0.25) is 0 Å². The smallest absolute Gasteiger partial charge is 0.256 e. The lowest BCUT2D eigenvalue weighted by atomic mass is 10.0. The van der Waals surface area contributed by atoms with Gasteiger partial charge in [-0.25, -0.2) is 0 Å². The van der Waals surface area contributed by atoms with Gasteiger partial charge in [0.05, 0.1) is 10.2 Å². The van der Waals surface area contributed by atoms with E-state index in [0.29, 0.717) is 30.3 Å². The molecule has 0 saturated heterocycles. The summed E-state index contributed by atoms with van der Waals surface area (Å²) in [6, 6.07) is 19.6. The van der Waals surface area contributed by atoms with Crippen LogP contribution in [0.4, 0.5) is 5.69 Å². The largest absolute Gasteiger partial charge is 0.490 e. The first kappa shape index (κ1) is 20.9. The predicted molar refractivity (Wildman–Crippen MR) is 132 cm³/mol. The third-order valence-electron chi connectivity index (χ3n) is 4.65. The molecule has 1 amide bonds. The number of benzene rings is 3. The number of para-hydroxylation sites is 1. The van der Waals surface area contributed by atoms with E-state index in [9.17, 15) is 4.79 Å². The molecule has 0 saturated carbocycles. The normalized spacial score (nSPS) is 13.8. The quantitative estimate of drug-likeness (QED) is 0.269. The number of anilines is 1. The lowest BCUT2D eigenvalue weighted by Crippen LogP contribution is -2.04. The van der Waals surface area contributed by atoms with Crippen LogP contribution in [0.1, 0.15) is 23.6 Å². The van der Waals surface area contributed by atoms with E-state index in [-0.39, 0.29) is 5.91 Å². The molecule has 0 unspecified atom stereocenters. The fourth-order valence-corrected chi connectivity index (χ4v) is 4.30. The monoisotopic (exact) mass is 575 g/mol. The van der Waals surface area contributed by atoms with Gasteiger partial charge in [-0.3, -0.25) is 4.79 Å². The van der Waals surface area contributed by atoms with Crippen LogP contribution >= 0.6 is 38.5 Å². The molecule has 1 N–H and O–H groups in total. The summed E-state index contributed by atoms with van der Waals surface area (Å²) in [4.78, 5) is 12.4. The van der Waals surface area contributed by atoms with Crippen molar-refractivity contribution in [1.82, 2.24) is 0 Å². The van der Waals surface area contributed by atoms with Crippen molar-refractivity contribution in [2.75, 3.05) is 11.9 Å². The molecule has 0 aliphatic carbocycles. The minimum Gasteiger partial charge on any atom is -0.490 e. The average molecular weight is 576 g/mol. The number of fused-ring (bicyclic) bond motifs is 1. The first-order chi connectivity index (χ1) is 14.5. The number of carbonyl (C=O) groups is 1. The summed E-state index contributed by atoms with van der Waals surface area (Å²) in [5.41, 5.74) is 4.35. The summed E-state index contributed by atoms with van der Waals surface area (Å²) in [5.74, 6) is 1.28. The highest BCUT2D eigenvalue weighted by Crippen LogP contribution is 2.38. The molecule has 3 aromatic rings. The van der Waals surface area contributed by atoms with E-state index in [4.69, 9.17) is 9.47 Å². The second-order valence-electron chi connectivity index (χ2n) is 6.74. The molecule has 1 heterocycles. The summed E-state index contributed by atoms with van der Waals surface area (Å²) in [6.07, 6.45) is 1.89. The Morgan fingerprint density at radius 1 is 1.07 bits per heavy atom. The molecule has 30 heavy (non-hydrogen) atoms. The number of nitrogens with one attached hydrogen (secondary N) is 1. The number of hydrogen-bond donors (Lipinski definition) is 1. The number of rotatable bonds is 6. The molecule has 0 fully saturated rings. The van der Waals surface area contributed by atoms with Crippen LogP contribution in [-0.4, -0.2) is 12.5 Å². The van der Waals surface area contributed by atoms with Gasteiger partial charge in [0.15, 0.2) is 11.5 Å². The Labute approximate surface area is 197 Å². The number of carbonyl (C=O) groups excluding carboxylic acids is 1. The maximum atomic E-state index is 12.4. The Morgan fingerprint density at radius 3 is 2.60 bits per heavy atom. The third kappa shape index (κ3) is 4.54. The van der Waals surface area contributed by atoms with Gasteiger partial charge in [-0.2, -0.15) is 0 Å². The molecule has 0 bridgehead atoms. The highest BCUT2D eigenvalue weighted by atomic mass is 127. The van der Waals surface area contributed by atoms with E-state index < -0.39 is 0 Å². The lowest BCUT2D eigenvalue weighted by molar-refractivity contribution is -0.110. The van der Waals surface area contributed by atoms with Gasteiger partial charge in [0.25, 0.3) is 5.91 Å². The maximum Gasteiger partial charge on any atom is 0.256 e. The van der Waals surface area contributed by atoms with Crippen molar-refractivity contribution in [3.8, 4) is 11.5 Å². The molecule has 0 atom stereocenters. The zero-order valence-corrected chi connectivity index (χ0v) is 20.0. The first-order valence-corrected chi connectivity index (χ1v) is 11.4. The van der Waals surface area contributed by atoms with E-state index >= 15 is 0 Å². The highest BCUT2D eigenvalue weighted by molar-refractivity contribution is 14.1. The fraction of sp³-hybridized carbons (Fsp3) is 0.125. The molecule has 1 aliphatic heterocycles. The zero-order chi connectivity index (χ0) is 21.1. The van der Waals surface area contributed by atoms with Gasteiger partial charge in [-0.05, 0) is 77.0 Å². The maximum absolute atomic E-state index is 12.4. The summed E-state index contributed by atoms with van der Waals surface area (Å²) in [5, 5.41) is 2.91. The topological polar surface area (TPSA) is 47.6 Å². The molecule has 1 aliphatic rings. The summed E-state index contributed by atoms with van der Waals surface area (Å²) in [7, 11) is 0. The van der Waals surface area contributed by atoms with Gasteiger partial charge in [-0.1, -0.05) is 46.3 Å². The van der Waals surface area contributed by atoms with E-state index in [2.05, 4.69) is 43.8 Å². The second-order valence-corrected chi connectivity index (χ2v) is 8.81. The fourth-order valence-electron chi connectivity index (χ4n) is 3.26. The Kier molecular flexibility index (Phi) is 6.43. The molecular weight excluding hydrogens is 557 g/mol. The van der Waals surface area contributed by atoms with Crippen LogP contribution in [0.25, 0.3) is 11.6 Å². The Morgan fingerprint density at radius 2 is 1.83 bits per heavy atom. The number of halogens is 2. The average Bonchev–Trinajstić information content (AvgIpc) is 3.04. The number of hydrogen-bond acceptors (Lipinski definition) is 3. The van der Waals surface area contributed by atoms with Crippen LogP contribution in [0.2, 0.25) is 0 Å². The van der Waals surface area contributed by atoms with Crippen LogP contribution in [-0.2, 0) is 11.4 Å². The zero-order valence-electron chi connectivity index (χ0n) is 16.2. The Hall–Kier alpha value is -2.32. The number of ether oxygens (including phenoxy) is 2. The van der Waals surface area contributed by atoms with E-state index in [1.165, 1.54) is 0 Å². The molecular formula is C24H19BrINO3. The van der Waals surface area contributed by atoms with Crippen molar-refractivity contribution in [2.24, 2.45) is 0 Å². The van der Waals surface area contributed by atoms with Crippen molar-refractivity contribution in [2.45, 2.75) is 13.5 Å². The highest BCUT2D eigenvalue weighted by Gasteiger charge is 2.23. The predicted octanol–water partition coefficient (Wildman–Crippen LogP) is 6.52. The molecule has 6 heteroatoms. The second kappa shape index (κ2) is 9.22. The molecule has 152 valence electrons. The van der Waals surface area contributed by atoms with Crippen molar-refractivity contribution >= 4 is 61.8 Å². The van der Waals surface area contributed by atoms with Gasteiger partial charge < -0.3 is 14.8 Å². The number of amides is 1. The third-order valence-corrected chi connectivity index (χ3v) is 5.98. The van der Waals surface area contributed by atoms with Crippen LogP contribution in [0.5, 0.6) is 11.5 Å². The SMILES string of the molecule is CCOc1cc(/C=C2\C(=O)Nc3ccccc32)cc(I)c1OCc1ccc(Br)cc1. The van der Waals surface area contributed by atoms with Crippen molar-refractivity contribution in [3.63, 3.8) is 0 Å². The van der Waals surface area contributed by atoms with Gasteiger partial charge >= 0.3 is 0 Å². The van der Waals surface area contributed by atoms with Crippen molar-refractivity contribution < 1.29 is 14.3 Å². The molecule has 4 rings (SSSR count). The molecule has 0 aromatic heterocycles. The molecule has 3 aromatic carbocycles. The molecule has 0 radical (unpaired) electrons. The summed E-state index contributed by atoms with van der Waals surface area (Å²) < 4.78 is 13.9. The Balaban J connectivity index is 1.65. The van der Waals surface area contributed by atoms with Crippen LogP contribution in [0.15, 0.2) is 65.1 Å². The first-order valence-electron chi connectivity index (χ1n) is 9.51. The van der Waals surface area contributed by atoms with Crippen LogP contribution < -0.4 is 14.8 Å². The molecule has 0 spiro atoms. The van der Waals surface area contributed by atoms with E-state index in [1.807, 2.05) is 73.7 Å². The summed E-state index contributed by atoms with van der Waals surface area (Å²) in [6.45, 7) is 2.91. The van der Waals surface area contributed by atoms with Crippen LogP contribution in [0.3, 0.4) is 0 Å². The van der Waals surface area contributed by atoms with Crippen LogP contribution in [0, 0.1) is 3.57 Å². The van der Waals surface area contributed by atoms with E-state index in [1.54, 1.807) is 0 Å². The standard InChI is InChI=1S/C24H19BrINO3/c1-2-29-22-13-16(11-19-18-5-3-4-6-21(18)27-24(19)28)12-20(26)23(22)30-14-15-7-9-17(25)10-8-15/h3-13H,2,14H2,1H3,(H,27,28)/b19-11-. The van der Waals surface area contributed by atoms with Crippen molar-refractivity contribution in [3.05, 3.63) is 85.4 Å². The van der Waals surface area contributed by atoms with Gasteiger partial charge in [0.1, 0.15) is 6.61 Å². The minimum absolute atomic E-state index is 0.0975. The van der Waals surface area contributed by atoms with E-state index in [0.717, 1.165) is 30.4 Å². The molecule has 4 nitrogen and oxygen atoms in total. The minimum atomic E-state index is -0.0975. The lowest BCUT2D eigenvalue weighted by Gasteiger charge is -2.15. The summed E-state index contributed by atoms with van der Waals surface area (Å²) >= 11 is 5.70. The van der Waals surface area contributed by atoms with Gasteiger partial charge in [0, 0.05) is 21.3 Å². The van der Waals surface area contributed by atoms with Crippen molar-refractivity contribution in [1.29, 1.82) is 0 Å². The van der Waals surface area contributed by atoms with Gasteiger partial charge in [-0.15, -0.1) is 0 Å².